The third-order valence-corrected chi connectivity index (χ3v) is 8.17. The summed E-state index contributed by atoms with van der Waals surface area (Å²) in [4.78, 5) is 22.1. The number of sulfone groups is 1. The fourth-order valence-electron chi connectivity index (χ4n) is 4.24. The zero-order valence-corrected chi connectivity index (χ0v) is 23.2. The minimum atomic E-state index is -3.98. The van der Waals surface area contributed by atoms with Crippen molar-refractivity contribution in [2.24, 2.45) is 5.92 Å². The van der Waals surface area contributed by atoms with Crippen LogP contribution in [0.2, 0.25) is 0 Å². The van der Waals surface area contributed by atoms with E-state index in [9.17, 15) is 23.4 Å². The number of carboxylic acid groups (broad SMARTS) is 1. The maximum absolute atomic E-state index is 13.2. The molecule has 1 aliphatic heterocycles. The Morgan fingerprint density at radius 2 is 1.77 bits per heavy atom. The lowest BCUT2D eigenvalue weighted by Crippen LogP contribution is -2.56. The second-order valence-corrected chi connectivity index (χ2v) is 12.1. The van der Waals surface area contributed by atoms with Crippen molar-refractivity contribution in [3.05, 3.63) is 89.5 Å². The predicted octanol–water partition coefficient (Wildman–Crippen LogP) is 3.98. The highest BCUT2D eigenvalue weighted by Gasteiger charge is 2.34. The van der Waals surface area contributed by atoms with Crippen molar-refractivity contribution in [2.45, 2.75) is 50.5 Å². The maximum Gasteiger partial charge on any atom is 0.422 e. The van der Waals surface area contributed by atoms with Gasteiger partial charge in [0.1, 0.15) is 19.0 Å². The summed E-state index contributed by atoms with van der Waals surface area (Å²) in [5, 5.41) is 22.1. The van der Waals surface area contributed by atoms with Crippen LogP contribution in [-0.4, -0.2) is 54.2 Å². The van der Waals surface area contributed by atoms with Gasteiger partial charge in [0, 0.05) is 12.1 Å². The van der Waals surface area contributed by atoms with Crippen LogP contribution in [0, 0.1) is 5.92 Å². The summed E-state index contributed by atoms with van der Waals surface area (Å²) in [6, 6.07) is 20.0. The molecule has 214 valence electrons. The molecule has 0 saturated carbocycles. The van der Waals surface area contributed by atoms with Crippen LogP contribution in [0.5, 0.6) is 11.5 Å². The highest BCUT2D eigenvalue weighted by molar-refractivity contribution is 7.91. The van der Waals surface area contributed by atoms with Gasteiger partial charge in [0.15, 0.2) is 15.6 Å². The lowest BCUT2D eigenvalue weighted by atomic mass is 10.0. The molecule has 1 amide bonds. The molecule has 0 aliphatic carbocycles. The zero-order chi connectivity index (χ0) is 28.7. The number of aliphatic hydroxyl groups is 1. The van der Waals surface area contributed by atoms with Crippen LogP contribution in [0.1, 0.15) is 30.5 Å². The van der Waals surface area contributed by atoms with Crippen LogP contribution < -0.4 is 15.1 Å². The number of rotatable bonds is 13. The molecule has 3 N–H and O–H groups in total. The lowest BCUT2D eigenvalue weighted by Gasteiger charge is -2.33. The van der Waals surface area contributed by atoms with Gasteiger partial charge in [-0.05, 0) is 53.8 Å². The Kier molecular flexibility index (Phi) is 9.64. The van der Waals surface area contributed by atoms with Gasteiger partial charge >= 0.3 is 6.09 Å². The first kappa shape index (κ1) is 29.3. The Hall–Kier alpha value is -3.64. The number of hydrogen-bond acceptors (Lipinski definition) is 8. The molecule has 0 fully saturated rings. The summed E-state index contributed by atoms with van der Waals surface area (Å²) in [6.45, 7) is 4.66. The number of ether oxygens (including phenoxy) is 1. The molecular formula is C29H34N2O8S. The van der Waals surface area contributed by atoms with Crippen LogP contribution in [0.25, 0.3) is 0 Å². The van der Waals surface area contributed by atoms with Gasteiger partial charge in [-0.3, -0.25) is 0 Å². The number of aliphatic hydroxyl groups excluding tert-OH is 1. The SMILES string of the molecule is CC(C)CNN(C(=O)O)C(Cc1ccc(OCc2ccccc2)cc1)C(O)CS(=O)(=O)c1ccc2c(c1)COO2. The van der Waals surface area contributed by atoms with Crippen LogP contribution >= 0.6 is 0 Å². The summed E-state index contributed by atoms with van der Waals surface area (Å²) in [6.07, 6.45) is -2.79. The third kappa shape index (κ3) is 7.72. The zero-order valence-electron chi connectivity index (χ0n) is 22.4. The molecule has 1 heterocycles. The summed E-state index contributed by atoms with van der Waals surface area (Å²) >= 11 is 0. The molecule has 1 aliphatic rings. The van der Waals surface area contributed by atoms with E-state index >= 15 is 0 Å². The minimum absolute atomic E-state index is 0.00455. The molecule has 0 spiro atoms. The molecule has 3 aromatic rings. The molecule has 3 aromatic carbocycles. The normalized spacial score (nSPS) is 14.3. The topological polar surface area (TPSA) is 135 Å². The number of carbonyl (C=O) groups is 1. The van der Waals surface area contributed by atoms with Crippen LogP contribution in [0.4, 0.5) is 4.79 Å². The van der Waals surface area contributed by atoms with Gasteiger partial charge in [-0.15, -0.1) is 0 Å². The molecule has 0 bridgehead atoms. The van der Waals surface area contributed by atoms with Gasteiger partial charge in [-0.2, -0.15) is 4.89 Å². The quantitative estimate of drug-likeness (QED) is 0.206. The van der Waals surface area contributed by atoms with E-state index in [4.69, 9.17) is 14.5 Å². The molecule has 10 nitrogen and oxygen atoms in total. The number of nitrogens with zero attached hydrogens (tertiary/aromatic N) is 1. The first-order chi connectivity index (χ1) is 19.1. The van der Waals surface area contributed by atoms with Crippen LogP contribution in [0.3, 0.4) is 0 Å². The molecule has 2 atom stereocenters. The Balaban J connectivity index is 1.52. The summed E-state index contributed by atoms with van der Waals surface area (Å²) in [7, 11) is -3.98. The third-order valence-electron chi connectivity index (χ3n) is 6.41. The van der Waals surface area contributed by atoms with Crippen LogP contribution in [0.15, 0.2) is 77.7 Å². The Morgan fingerprint density at radius 1 is 1.05 bits per heavy atom. The summed E-state index contributed by atoms with van der Waals surface area (Å²) in [5.74, 6) is 0.498. The van der Waals surface area contributed by atoms with Gasteiger partial charge in [0.25, 0.3) is 0 Å². The van der Waals surface area contributed by atoms with Gasteiger partial charge in [0.2, 0.25) is 0 Å². The van der Waals surface area contributed by atoms with Gasteiger partial charge < -0.3 is 19.8 Å². The number of benzene rings is 3. The standard InChI is InChI=1S/C29H34N2O8S/c1-20(2)16-30-31(29(33)34)26(14-21-8-10-24(11-9-21)37-17-22-6-4-3-5-7-22)27(32)19-40(35,36)25-12-13-28-23(15-25)18-38-39-28/h3-13,15,20,26-27,30,32H,14,16-19H2,1-2H3,(H,33,34). The molecule has 40 heavy (non-hydrogen) atoms. The van der Waals surface area contributed by atoms with Gasteiger partial charge in [-0.25, -0.2) is 23.6 Å². The molecule has 0 radical (unpaired) electrons. The Labute approximate surface area is 233 Å². The average molecular weight is 571 g/mol. The van der Waals surface area contributed by atoms with Gasteiger partial charge in [-0.1, -0.05) is 56.3 Å². The number of nitrogens with one attached hydrogen (secondary N) is 1. The lowest BCUT2D eigenvalue weighted by molar-refractivity contribution is -0.194. The predicted molar refractivity (Wildman–Crippen MR) is 147 cm³/mol. The van der Waals surface area contributed by atoms with E-state index in [1.807, 2.05) is 44.2 Å². The summed E-state index contributed by atoms with van der Waals surface area (Å²) in [5.41, 5.74) is 5.15. The first-order valence-electron chi connectivity index (χ1n) is 13.0. The van der Waals surface area contributed by atoms with Crippen molar-refractivity contribution in [1.29, 1.82) is 0 Å². The molecule has 0 aromatic heterocycles. The van der Waals surface area contributed by atoms with E-state index in [-0.39, 0.29) is 23.8 Å². The van der Waals surface area contributed by atoms with Crippen molar-refractivity contribution >= 4 is 15.9 Å². The molecular weight excluding hydrogens is 536 g/mol. The summed E-state index contributed by atoms with van der Waals surface area (Å²) < 4.78 is 32.3. The van der Waals surface area contributed by atoms with Crippen molar-refractivity contribution in [1.82, 2.24) is 10.4 Å². The van der Waals surface area contributed by atoms with Crippen molar-refractivity contribution in [3.8, 4) is 11.5 Å². The van der Waals surface area contributed by atoms with E-state index < -0.39 is 33.8 Å². The Bertz CT molecular complexity index is 1380. The van der Waals surface area contributed by atoms with E-state index in [1.54, 1.807) is 24.3 Å². The average Bonchev–Trinajstić information content (AvgIpc) is 3.40. The van der Waals surface area contributed by atoms with E-state index in [0.717, 1.165) is 10.6 Å². The van der Waals surface area contributed by atoms with E-state index in [0.29, 0.717) is 35.8 Å². The monoisotopic (exact) mass is 570 g/mol. The molecule has 2 unspecified atom stereocenters. The van der Waals surface area contributed by atoms with E-state index in [1.165, 1.54) is 18.2 Å². The van der Waals surface area contributed by atoms with Crippen molar-refractivity contribution in [2.75, 3.05) is 12.3 Å². The van der Waals surface area contributed by atoms with Crippen molar-refractivity contribution in [3.63, 3.8) is 0 Å². The largest absolute Gasteiger partial charge is 0.489 e. The highest BCUT2D eigenvalue weighted by atomic mass is 32.2. The molecule has 4 rings (SSSR count). The van der Waals surface area contributed by atoms with Crippen LogP contribution in [-0.2, 0) is 34.4 Å². The van der Waals surface area contributed by atoms with Crippen molar-refractivity contribution < 1.29 is 37.9 Å². The van der Waals surface area contributed by atoms with Gasteiger partial charge in [0.05, 0.1) is 22.8 Å². The highest BCUT2D eigenvalue weighted by Crippen LogP contribution is 2.29. The smallest absolute Gasteiger partial charge is 0.422 e. The minimum Gasteiger partial charge on any atom is -0.489 e. The maximum atomic E-state index is 13.2. The van der Waals surface area contributed by atoms with E-state index in [2.05, 4.69) is 5.43 Å². The second-order valence-electron chi connectivity index (χ2n) is 10.1. The fourth-order valence-corrected chi connectivity index (χ4v) is 5.70. The number of hydrogen-bond donors (Lipinski definition) is 3. The number of amides is 1. The second kappa shape index (κ2) is 13.1. The Morgan fingerprint density at radius 3 is 2.45 bits per heavy atom. The fraction of sp³-hybridized carbons (Fsp3) is 0.345. The number of fused-ring (bicyclic) bond motifs is 1. The first-order valence-corrected chi connectivity index (χ1v) is 14.6. The molecule has 11 heteroatoms. The number of hydrazine groups is 1. The molecule has 0 saturated heterocycles.